The van der Waals surface area contributed by atoms with E-state index >= 15 is 0 Å². The molecule has 21 heavy (non-hydrogen) atoms. The first-order chi connectivity index (χ1) is 10.1. The topological polar surface area (TPSA) is 58.7 Å². The highest BCUT2D eigenvalue weighted by molar-refractivity contribution is 6.05. The van der Waals surface area contributed by atoms with E-state index in [4.69, 9.17) is 4.52 Å². The van der Waals surface area contributed by atoms with E-state index in [0.717, 1.165) is 17.0 Å². The minimum absolute atomic E-state index is 0.291. The second kappa shape index (κ2) is 5.12. The summed E-state index contributed by atoms with van der Waals surface area (Å²) >= 11 is 0. The monoisotopic (exact) mass is 287 g/mol. The molecule has 3 rings (SSSR count). The fourth-order valence-electron chi connectivity index (χ4n) is 2.44. The number of aromatic nitrogens is 1. The highest BCUT2D eigenvalue weighted by Gasteiger charge is 2.26. The number of carbonyl (C=O) groups is 1. The first kappa shape index (κ1) is 13.5. The number of carbonyl (C=O) groups excluding carboxylic acids is 1. The second-order valence-corrected chi connectivity index (χ2v) is 4.93. The Labute approximate surface area is 121 Å². The predicted molar refractivity (Wildman–Crippen MR) is 74.6 cm³/mol. The Morgan fingerprint density at radius 3 is 2.86 bits per heavy atom. The van der Waals surface area contributed by atoms with Crippen LogP contribution in [-0.4, -0.2) is 28.3 Å². The third-order valence-corrected chi connectivity index (χ3v) is 3.43. The number of hydrogen-bond donors (Lipinski definition) is 0. The van der Waals surface area contributed by atoms with Crippen LogP contribution in [0.5, 0.6) is 0 Å². The number of nitrogens with zero attached hydrogens (tertiary/aromatic N) is 3. The van der Waals surface area contributed by atoms with E-state index in [9.17, 15) is 9.18 Å². The van der Waals surface area contributed by atoms with Gasteiger partial charge >= 0.3 is 0 Å². The molecule has 108 valence electrons. The molecule has 0 unspecified atom stereocenters. The summed E-state index contributed by atoms with van der Waals surface area (Å²) in [4.78, 5) is 12.3. The summed E-state index contributed by atoms with van der Waals surface area (Å²) < 4.78 is 18.3. The average molecular weight is 287 g/mol. The molecule has 1 aliphatic heterocycles. The van der Waals surface area contributed by atoms with Crippen LogP contribution >= 0.6 is 0 Å². The Morgan fingerprint density at radius 1 is 1.38 bits per heavy atom. The molecule has 0 spiro atoms. The molecule has 0 radical (unpaired) electrons. The smallest absolute Gasteiger partial charge is 0.274 e. The van der Waals surface area contributed by atoms with Crippen molar-refractivity contribution in [2.45, 2.75) is 20.3 Å². The number of hydrazone groups is 1. The van der Waals surface area contributed by atoms with Gasteiger partial charge in [-0.2, -0.15) is 5.10 Å². The van der Waals surface area contributed by atoms with Crippen LogP contribution in [0.25, 0.3) is 0 Å². The fraction of sp³-hybridized carbons (Fsp3) is 0.267. The molecule has 2 aromatic rings. The van der Waals surface area contributed by atoms with E-state index in [1.54, 1.807) is 6.07 Å². The molecular weight excluding hydrogens is 273 g/mol. The maximum absolute atomic E-state index is 13.2. The number of rotatable bonds is 2. The SMILES string of the molecule is Cc1noc(C)c1C1=NN(C(=O)c2cccc(F)c2)CC1. The van der Waals surface area contributed by atoms with E-state index in [2.05, 4.69) is 10.3 Å². The Hall–Kier alpha value is -2.50. The van der Waals surface area contributed by atoms with Crippen LogP contribution in [0.3, 0.4) is 0 Å². The summed E-state index contributed by atoms with van der Waals surface area (Å²) in [7, 11) is 0. The van der Waals surface area contributed by atoms with Crippen molar-refractivity contribution in [2.24, 2.45) is 5.10 Å². The van der Waals surface area contributed by atoms with Crippen LogP contribution in [0.2, 0.25) is 0 Å². The minimum Gasteiger partial charge on any atom is -0.361 e. The number of amides is 1. The molecule has 0 bridgehead atoms. The molecule has 0 saturated carbocycles. The lowest BCUT2D eigenvalue weighted by molar-refractivity contribution is 0.0778. The van der Waals surface area contributed by atoms with Gasteiger partial charge < -0.3 is 4.52 Å². The standard InChI is InChI=1S/C15H14FN3O2/c1-9-14(10(2)21-18-9)13-6-7-19(17-13)15(20)11-4-3-5-12(16)8-11/h3-5,8H,6-7H2,1-2H3. The van der Waals surface area contributed by atoms with Gasteiger partial charge in [-0.25, -0.2) is 9.40 Å². The molecule has 2 heterocycles. The summed E-state index contributed by atoms with van der Waals surface area (Å²) in [6.07, 6.45) is 0.629. The van der Waals surface area contributed by atoms with Crippen LogP contribution in [-0.2, 0) is 0 Å². The van der Waals surface area contributed by atoms with E-state index in [1.807, 2.05) is 13.8 Å². The van der Waals surface area contributed by atoms with Gasteiger partial charge in [0.2, 0.25) is 0 Å². The van der Waals surface area contributed by atoms with Gasteiger partial charge in [0.25, 0.3) is 5.91 Å². The number of halogens is 1. The van der Waals surface area contributed by atoms with Crippen LogP contribution in [0.15, 0.2) is 33.9 Å². The molecule has 5 nitrogen and oxygen atoms in total. The lowest BCUT2D eigenvalue weighted by Crippen LogP contribution is -2.23. The van der Waals surface area contributed by atoms with E-state index in [-0.39, 0.29) is 5.91 Å². The van der Waals surface area contributed by atoms with Crippen LogP contribution in [0.1, 0.15) is 33.8 Å². The molecule has 1 aliphatic rings. The lowest BCUT2D eigenvalue weighted by atomic mass is 10.1. The zero-order valence-corrected chi connectivity index (χ0v) is 11.8. The van der Waals surface area contributed by atoms with E-state index in [0.29, 0.717) is 24.3 Å². The van der Waals surface area contributed by atoms with Crippen molar-refractivity contribution in [1.29, 1.82) is 0 Å². The molecule has 1 amide bonds. The maximum Gasteiger partial charge on any atom is 0.274 e. The summed E-state index contributed by atoms with van der Waals surface area (Å²) in [6.45, 7) is 4.12. The van der Waals surface area contributed by atoms with Crippen molar-refractivity contribution in [3.05, 3.63) is 52.7 Å². The molecule has 6 heteroatoms. The van der Waals surface area contributed by atoms with Crippen molar-refractivity contribution in [3.8, 4) is 0 Å². The zero-order valence-electron chi connectivity index (χ0n) is 11.8. The predicted octanol–water partition coefficient (Wildman–Crippen LogP) is 2.68. The van der Waals surface area contributed by atoms with Gasteiger partial charge in [0.1, 0.15) is 11.6 Å². The second-order valence-electron chi connectivity index (χ2n) is 4.93. The number of benzene rings is 1. The highest BCUT2D eigenvalue weighted by Crippen LogP contribution is 2.21. The van der Waals surface area contributed by atoms with Gasteiger partial charge in [0.05, 0.1) is 23.5 Å². The van der Waals surface area contributed by atoms with Crippen molar-refractivity contribution in [3.63, 3.8) is 0 Å². The van der Waals surface area contributed by atoms with Gasteiger partial charge in [-0.15, -0.1) is 0 Å². The first-order valence-electron chi connectivity index (χ1n) is 6.64. The molecule has 0 aliphatic carbocycles. The molecule has 1 aromatic carbocycles. The molecule has 1 aromatic heterocycles. The first-order valence-corrected chi connectivity index (χ1v) is 6.64. The average Bonchev–Trinajstić information content (AvgIpc) is 3.05. The van der Waals surface area contributed by atoms with Gasteiger partial charge in [0, 0.05) is 12.0 Å². The third kappa shape index (κ3) is 2.44. The number of aryl methyl sites for hydroxylation is 2. The normalized spacial score (nSPS) is 14.4. The van der Waals surface area contributed by atoms with Crippen molar-refractivity contribution in [1.82, 2.24) is 10.2 Å². The van der Waals surface area contributed by atoms with Gasteiger partial charge in [-0.3, -0.25) is 4.79 Å². The summed E-state index contributed by atoms with van der Waals surface area (Å²) in [6, 6.07) is 5.61. The minimum atomic E-state index is -0.435. The van der Waals surface area contributed by atoms with E-state index < -0.39 is 5.82 Å². The lowest BCUT2D eigenvalue weighted by Gasteiger charge is -2.11. The van der Waals surface area contributed by atoms with Crippen LogP contribution in [0.4, 0.5) is 4.39 Å². The van der Waals surface area contributed by atoms with Crippen LogP contribution < -0.4 is 0 Å². The molecule has 0 N–H and O–H groups in total. The van der Waals surface area contributed by atoms with Crippen molar-refractivity contribution < 1.29 is 13.7 Å². The largest absolute Gasteiger partial charge is 0.361 e. The summed E-state index contributed by atoms with van der Waals surface area (Å²) in [5.41, 5.74) is 2.67. The van der Waals surface area contributed by atoms with E-state index in [1.165, 1.54) is 23.2 Å². The fourth-order valence-corrected chi connectivity index (χ4v) is 2.44. The van der Waals surface area contributed by atoms with Gasteiger partial charge in [0.15, 0.2) is 0 Å². The molecule has 0 saturated heterocycles. The van der Waals surface area contributed by atoms with Crippen LogP contribution in [0, 0.1) is 19.7 Å². The Bertz CT molecular complexity index is 717. The maximum atomic E-state index is 13.2. The number of hydrogen-bond acceptors (Lipinski definition) is 4. The molecule has 0 atom stereocenters. The summed E-state index contributed by atoms with van der Waals surface area (Å²) in [5.74, 6) is -0.0578. The summed E-state index contributed by atoms with van der Waals surface area (Å²) in [5, 5.41) is 9.58. The Kier molecular flexibility index (Phi) is 3.29. The molecular formula is C15H14FN3O2. The van der Waals surface area contributed by atoms with Crippen molar-refractivity contribution in [2.75, 3.05) is 6.54 Å². The third-order valence-electron chi connectivity index (χ3n) is 3.43. The quantitative estimate of drug-likeness (QED) is 0.853. The van der Waals surface area contributed by atoms with Gasteiger partial charge in [-0.05, 0) is 32.0 Å². The Morgan fingerprint density at radius 2 is 2.19 bits per heavy atom. The van der Waals surface area contributed by atoms with Gasteiger partial charge in [-0.1, -0.05) is 11.2 Å². The zero-order chi connectivity index (χ0) is 15.0. The van der Waals surface area contributed by atoms with Crippen molar-refractivity contribution >= 4 is 11.6 Å². The Balaban J connectivity index is 1.88. The molecule has 0 fully saturated rings. The highest BCUT2D eigenvalue weighted by atomic mass is 19.1.